The Balaban J connectivity index is 1.46. The number of hydrogen-bond acceptors (Lipinski definition) is 6. The highest BCUT2D eigenvalue weighted by Crippen LogP contribution is 2.18. The van der Waals surface area contributed by atoms with Gasteiger partial charge >= 0.3 is 0 Å². The lowest BCUT2D eigenvalue weighted by atomic mass is 10.2. The molecule has 2 N–H and O–H groups in total. The molecule has 2 fully saturated rings. The van der Waals surface area contributed by atoms with Gasteiger partial charge in [0, 0.05) is 39.0 Å². The molecule has 0 saturated carbocycles. The van der Waals surface area contributed by atoms with Gasteiger partial charge in [0.2, 0.25) is 5.91 Å². The van der Waals surface area contributed by atoms with Crippen molar-refractivity contribution < 1.29 is 19.1 Å². The van der Waals surface area contributed by atoms with E-state index in [1.807, 2.05) is 4.90 Å². The number of amides is 2. The number of anilines is 1. The van der Waals surface area contributed by atoms with Crippen LogP contribution >= 0.6 is 0 Å². The molecule has 1 atom stereocenters. The van der Waals surface area contributed by atoms with Crippen molar-refractivity contribution in [1.82, 2.24) is 9.88 Å². The van der Waals surface area contributed by atoms with Crippen LogP contribution in [0.25, 0.3) is 0 Å². The Kier molecular flexibility index (Phi) is 5.83. The molecule has 3 heterocycles. The summed E-state index contributed by atoms with van der Waals surface area (Å²) in [7, 11) is 0. The highest BCUT2D eigenvalue weighted by Gasteiger charge is 2.24. The molecule has 25 heavy (non-hydrogen) atoms. The van der Waals surface area contributed by atoms with E-state index < -0.39 is 5.91 Å². The van der Waals surface area contributed by atoms with Gasteiger partial charge in [0.1, 0.15) is 12.4 Å². The van der Waals surface area contributed by atoms with Crippen molar-refractivity contribution in [1.29, 1.82) is 0 Å². The van der Waals surface area contributed by atoms with E-state index in [-0.39, 0.29) is 18.6 Å². The Morgan fingerprint density at radius 1 is 1.32 bits per heavy atom. The molecule has 2 saturated heterocycles. The molecule has 8 nitrogen and oxygen atoms in total. The van der Waals surface area contributed by atoms with Crippen molar-refractivity contribution in [2.75, 3.05) is 50.9 Å². The second-order valence-corrected chi connectivity index (χ2v) is 6.26. The summed E-state index contributed by atoms with van der Waals surface area (Å²) in [5, 5.41) is 0. The van der Waals surface area contributed by atoms with Crippen LogP contribution < -0.4 is 10.6 Å². The molecule has 0 radical (unpaired) electrons. The Hall–Kier alpha value is -2.19. The van der Waals surface area contributed by atoms with Crippen molar-refractivity contribution in [2.45, 2.75) is 18.9 Å². The van der Waals surface area contributed by atoms with Crippen molar-refractivity contribution in [3.63, 3.8) is 0 Å². The van der Waals surface area contributed by atoms with Gasteiger partial charge in [0.15, 0.2) is 0 Å². The number of nitrogens with two attached hydrogens (primary N) is 1. The van der Waals surface area contributed by atoms with Crippen LogP contribution in [-0.4, -0.2) is 73.8 Å². The first kappa shape index (κ1) is 17.6. The van der Waals surface area contributed by atoms with Crippen molar-refractivity contribution in [2.24, 2.45) is 5.73 Å². The van der Waals surface area contributed by atoms with Crippen LogP contribution in [0.15, 0.2) is 18.3 Å². The number of primary amides is 1. The summed E-state index contributed by atoms with van der Waals surface area (Å²) in [5.74, 6) is 0.0645. The van der Waals surface area contributed by atoms with Gasteiger partial charge in [-0.15, -0.1) is 0 Å². The van der Waals surface area contributed by atoms with Crippen LogP contribution in [0.2, 0.25) is 0 Å². The molecule has 0 aliphatic carbocycles. The summed E-state index contributed by atoms with van der Waals surface area (Å²) in [6.45, 7) is 3.68. The second kappa shape index (κ2) is 8.26. The van der Waals surface area contributed by atoms with Gasteiger partial charge in [-0.25, -0.2) is 4.98 Å². The van der Waals surface area contributed by atoms with Crippen molar-refractivity contribution >= 4 is 17.6 Å². The zero-order chi connectivity index (χ0) is 17.6. The molecule has 2 aliphatic heterocycles. The quantitative estimate of drug-likeness (QED) is 0.779. The molecule has 0 bridgehead atoms. The smallest absolute Gasteiger partial charge is 0.252 e. The highest BCUT2D eigenvalue weighted by molar-refractivity contribution is 5.97. The lowest BCUT2D eigenvalue weighted by Gasteiger charge is -2.36. The highest BCUT2D eigenvalue weighted by atomic mass is 16.5. The van der Waals surface area contributed by atoms with E-state index in [4.69, 9.17) is 15.2 Å². The number of piperazine rings is 1. The van der Waals surface area contributed by atoms with Gasteiger partial charge in [0.05, 0.1) is 18.3 Å². The third kappa shape index (κ3) is 4.46. The normalized spacial score (nSPS) is 20.7. The molecule has 1 aromatic rings. The first-order valence-corrected chi connectivity index (χ1v) is 8.62. The van der Waals surface area contributed by atoms with Crippen molar-refractivity contribution in [3.8, 4) is 0 Å². The monoisotopic (exact) mass is 348 g/mol. The molecule has 2 amide bonds. The van der Waals surface area contributed by atoms with Crippen LogP contribution in [0.5, 0.6) is 0 Å². The van der Waals surface area contributed by atoms with Crippen LogP contribution in [0.4, 0.5) is 5.82 Å². The molecule has 0 unspecified atom stereocenters. The predicted octanol–water partition coefficient (Wildman–Crippen LogP) is 0.0247. The average Bonchev–Trinajstić information content (AvgIpc) is 3.15. The number of carbonyl (C=O) groups excluding carboxylic acids is 2. The summed E-state index contributed by atoms with van der Waals surface area (Å²) in [6.07, 6.45) is 3.82. The Morgan fingerprint density at radius 2 is 2.12 bits per heavy atom. The summed E-state index contributed by atoms with van der Waals surface area (Å²) >= 11 is 0. The minimum Gasteiger partial charge on any atom is -0.376 e. The SMILES string of the molecule is NC(=O)c1cccnc1N1CCN(C(=O)COC[C@H]2CCCO2)CC1. The minimum absolute atomic E-state index is 0.0196. The largest absolute Gasteiger partial charge is 0.376 e. The van der Waals surface area contributed by atoms with Gasteiger partial charge in [-0.3, -0.25) is 9.59 Å². The Bertz CT molecular complexity index is 610. The van der Waals surface area contributed by atoms with E-state index in [0.717, 1.165) is 19.4 Å². The number of aromatic nitrogens is 1. The van der Waals surface area contributed by atoms with Crippen LogP contribution in [-0.2, 0) is 14.3 Å². The summed E-state index contributed by atoms with van der Waals surface area (Å²) < 4.78 is 11.0. The summed E-state index contributed by atoms with van der Waals surface area (Å²) in [5.41, 5.74) is 5.81. The third-order valence-corrected chi connectivity index (χ3v) is 4.54. The minimum atomic E-state index is -0.496. The fourth-order valence-electron chi connectivity index (χ4n) is 3.15. The Labute approximate surface area is 146 Å². The van der Waals surface area contributed by atoms with Crippen molar-refractivity contribution in [3.05, 3.63) is 23.9 Å². The second-order valence-electron chi connectivity index (χ2n) is 6.26. The number of hydrogen-bond donors (Lipinski definition) is 1. The maximum Gasteiger partial charge on any atom is 0.252 e. The first-order chi connectivity index (χ1) is 12.1. The average molecular weight is 348 g/mol. The van der Waals surface area contributed by atoms with Gasteiger partial charge in [-0.05, 0) is 25.0 Å². The molecule has 2 aliphatic rings. The standard InChI is InChI=1S/C17H24N4O4/c18-16(23)14-4-1-5-19-17(14)21-8-6-20(7-9-21)15(22)12-24-11-13-3-2-10-25-13/h1,4-5,13H,2-3,6-12H2,(H2,18,23)/t13-/m1/s1. The lowest BCUT2D eigenvalue weighted by Crippen LogP contribution is -2.50. The predicted molar refractivity (Wildman–Crippen MR) is 91.3 cm³/mol. The van der Waals surface area contributed by atoms with E-state index >= 15 is 0 Å². The third-order valence-electron chi connectivity index (χ3n) is 4.54. The number of carbonyl (C=O) groups is 2. The van der Waals surface area contributed by atoms with Crippen LogP contribution in [0.3, 0.4) is 0 Å². The molecule has 136 valence electrons. The van der Waals surface area contributed by atoms with E-state index in [9.17, 15) is 9.59 Å². The molecular weight excluding hydrogens is 324 g/mol. The molecule has 1 aromatic heterocycles. The molecule has 0 spiro atoms. The van der Waals surface area contributed by atoms with E-state index in [0.29, 0.717) is 44.2 Å². The maximum absolute atomic E-state index is 12.2. The van der Waals surface area contributed by atoms with E-state index in [2.05, 4.69) is 4.98 Å². The fraction of sp³-hybridized carbons (Fsp3) is 0.588. The van der Waals surface area contributed by atoms with Crippen LogP contribution in [0, 0.1) is 0 Å². The number of pyridine rings is 1. The fourth-order valence-corrected chi connectivity index (χ4v) is 3.15. The molecule has 8 heteroatoms. The zero-order valence-corrected chi connectivity index (χ0v) is 14.2. The van der Waals surface area contributed by atoms with Gasteiger partial charge in [-0.1, -0.05) is 0 Å². The van der Waals surface area contributed by atoms with Gasteiger partial charge in [-0.2, -0.15) is 0 Å². The number of nitrogens with zero attached hydrogens (tertiary/aromatic N) is 3. The Morgan fingerprint density at radius 3 is 2.80 bits per heavy atom. The lowest BCUT2D eigenvalue weighted by molar-refractivity contribution is -0.137. The van der Waals surface area contributed by atoms with Crippen LogP contribution in [0.1, 0.15) is 23.2 Å². The summed E-state index contributed by atoms with van der Waals surface area (Å²) in [4.78, 5) is 31.8. The summed E-state index contributed by atoms with van der Waals surface area (Å²) in [6, 6.07) is 3.36. The van der Waals surface area contributed by atoms with E-state index in [1.165, 1.54) is 0 Å². The maximum atomic E-state index is 12.2. The molecule has 0 aromatic carbocycles. The van der Waals surface area contributed by atoms with Gasteiger partial charge in [0.25, 0.3) is 5.91 Å². The zero-order valence-electron chi connectivity index (χ0n) is 14.2. The van der Waals surface area contributed by atoms with Gasteiger partial charge < -0.3 is 25.0 Å². The number of rotatable bonds is 6. The molecular formula is C17H24N4O4. The molecule has 3 rings (SSSR count). The first-order valence-electron chi connectivity index (χ1n) is 8.62. The topological polar surface area (TPSA) is 98.0 Å². The van der Waals surface area contributed by atoms with E-state index in [1.54, 1.807) is 23.2 Å². The number of ether oxygens (including phenoxy) is 2.